The molecule has 2 aliphatic heterocycles. The Morgan fingerprint density at radius 3 is 2.40 bits per heavy atom. The molecule has 0 fully saturated rings. The van der Waals surface area contributed by atoms with Crippen LogP contribution >= 0.6 is 11.3 Å². The van der Waals surface area contributed by atoms with Crippen LogP contribution in [0.3, 0.4) is 0 Å². The molecule has 0 spiro atoms. The average molecular weight is 535 g/mol. The van der Waals surface area contributed by atoms with E-state index in [0.29, 0.717) is 0 Å². The molecule has 2 nitrogen and oxygen atoms in total. The summed E-state index contributed by atoms with van der Waals surface area (Å²) in [5.41, 5.74) is 11.3. The Hall–Kier alpha value is -4.34. The van der Waals surface area contributed by atoms with Crippen LogP contribution in [-0.2, 0) is 6.42 Å². The normalized spacial score (nSPS) is 19.8. The zero-order valence-corrected chi connectivity index (χ0v) is 23.5. The van der Waals surface area contributed by atoms with E-state index >= 15 is 0 Å². The lowest BCUT2D eigenvalue weighted by Crippen LogP contribution is -2.27. The first-order valence-corrected chi connectivity index (χ1v) is 14.6. The number of hydrogen-bond acceptors (Lipinski definition) is 3. The fourth-order valence-electron chi connectivity index (χ4n) is 6.35. The van der Waals surface area contributed by atoms with E-state index in [4.69, 9.17) is 9.98 Å². The fourth-order valence-corrected chi connectivity index (χ4v) is 7.67. The zero-order valence-electron chi connectivity index (χ0n) is 22.7. The summed E-state index contributed by atoms with van der Waals surface area (Å²) in [5.74, 6) is 0.211. The predicted octanol–water partition coefficient (Wildman–Crippen LogP) is 9.61. The van der Waals surface area contributed by atoms with Crippen molar-refractivity contribution in [3.05, 3.63) is 144 Å². The van der Waals surface area contributed by atoms with Gasteiger partial charge in [0.05, 0.1) is 23.2 Å². The van der Waals surface area contributed by atoms with E-state index in [9.17, 15) is 0 Å². The average Bonchev–Trinajstić information content (AvgIpc) is 3.38. The second kappa shape index (κ2) is 9.69. The summed E-state index contributed by atoms with van der Waals surface area (Å²) in [6.45, 7) is 14.8. The molecule has 0 radical (unpaired) electrons. The lowest BCUT2D eigenvalue weighted by molar-refractivity contribution is 0.541. The Balaban J connectivity index is 1.40. The number of thiophene rings is 1. The quantitative estimate of drug-likeness (QED) is 0.220. The summed E-state index contributed by atoms with van der Waals surface area (Å²) in [5, 5.41) is 2.55. The van der Waals surface area contributed by atoms with Gasteiger partial charge in [0.1, 0.15) is 0 Å². The van der Waals surface area contributed by atoms with Crippen molar-refractivity contribution in [2.45, 2.75) is 31.7 Å². The number of hydrogen-bond donors (Lipinski definition) is 0. The van der Waals surface area contributed by atoms with Crippen molar-refractivity contribution in [3.63, 3.8) is 0 Å². The molecule has 3 heteroatoms. The Labute approximate surface area is 239 Å². The summed E-state index contributed by atoms with van der Waals surface area (Å²) in [4.78, 5) is 10.3. The molecule has 3 heterocycles. The molecular weight excluding hydrogens is 504 g/mol. The largest absolute Gasteiger partial charge is 0.274 e. The maximum Gasteiger partial charge on any atom is 0.0989 e. The minimum Gasteiger partial charge on any atom is -0.274 e. The first kappa shape index (κ1) is 24.7. The SMILES string of the molecule is C=CC1=NC2C(=C)/N=C(/C=C)c3c(ccc4c3sc3cc(-c5ccc(C)cc5)ccc34)CCC2c2ccccc21. The molecule has 194 valence electrons. The molecule has 4 aromatic carbocycles. The molecule has 0 N–H and O–H groups in total. The van der Waals surface area contributed by atoms with Crippen LogP contribution in [0.2, 0.25) is 0 Å². The molecular formula is C37H30N2S. The van der Waals surface area contributed by atoms with Gasteiger partial charge in [0.15, 0.2) is 0 Å². The van der Waals surface area contributed by atoms with E-state index < -0.39 is 0 Å². The van der Waals surface area contributed by atoms with Gasteiger partial charge in [-0.1, -0.05) is 98.1 Å². The minimum atomic E-state index is -0.123. The summed E-state index contributed by atoms with van der Waals surface area (Å²) in [7, 11) is 0. The van der Waals surface area contributed by atoms with Crippen molar-refractivity contribution >= 4 is 42.9 Å². The Morgan fingerprint density at radius 1 is 0.850 bits per heavy atom. The highest BCUT2D eigenvalue weighted by Gasteiger charge is 2.33. The smallest absolute Gasteiger partial charge is 0.0989 e. The minimum absolute atomic E-state index is 0.123. The van der Waals surface area contributed by atoms with Crippen LogP contribution in [0.1, 0.15) is 40.2 Å². The number of aliphatic imine (C=N–C) groups is 2. The topological polar surface area (TPSA) is 24.7 Å². The number of rotatable bonds is 3. The number of aryl methyl sites for hydroxylation is 2. The van der Waals surface area contributed by atoms with Gasteiger partial charge in [0.2, 0.25) is 0 Å². The fraction of sp³-hybridized carbons (Fsp3) is 0.135. The summed E-state index contributed by atoms with van der Waals surface area (Å²) >= 11 is 1.85. The number of allylic oxidation sites excluding steroid dienone is 2. The van der Waals surface area contributed by atoms with E-state index in [1.54, 1.807) is 0 Å². The second-order valence-corrected chi connectivity index (χ2v) is 11.8. The summed E-state index contributed by atoms with van der Waals surface area (Å²) < 4.78 is 2.55. The van der Waals surface area contributed by atoms with Gasteiger partial charge in [-0.3, -0.25) is 9.98 Å². The lowest BCUT2D eigenvalue weighted by atomic mass is 9.79. The van der Waals surface area contributed by atoms with E-state index in [2.05, 4.69) is 106 Å². The van der Waals surface area contributed by atoms with Gasteiger partial charge in [0, 0.05) is 37.2 Å². The van der Waals surface area contributed by atoms with Crippen LogP contribution in [0.5, 0.6) is 0 Å². The van der Waals surface area contributed by atoms with Gasteiger partial charge in [0.25, 0.3) is 0 Å². The highest BCUT2D eigenvalue weighted by atomic mass is 32.1. The maximum absolute atomic E-state index is 5.14. The molecule has 5 aromatic rings. The molecule has 0 aliphatic carbocycles. The standard InChI is InChI=1S/C37H30N2S/c1-5-32-28-10-8-7-9-27(28)30-19-15-25-16-20-31-29-18-17-26(24-13-11-22(3)12-14-24)21-34(29)40-37(31)35(25)33(6-2)38-23(4)36(30)39-32/h5-14,16-18,20-21,30,36H,1-2,4,15,19H2,3H3/b38-33-. The van der Waals surface area contributed by atoms with E-state index in [1.165, 1.54) is 59.1 Å². The van der Waals surface area contributed by atoms with Crippen LogP contribution in [0, 0.1) is 6.92 Å². The van der Waals surface area contributed by atoms with Gasteiger partial charge in [-0.25, -0.2) is 0 Å². The number of benzene rings is 4. The lowest BCUT2D eigenvalue weighted by Gasteiger charge is -2.31. The third-order valence-electron chi connectivity index (χ3n) is 8.38. The molecule has 0 saturated heterocycles. The first-order valence-electron chi connectivity index (χ1n) is 13.8. The zero-order chi connectivity index (χ0) is 27.4. The summed E-state index contributed by atoms with van der Waals surface area (Å²) in [6, 6.07) is 28.6. The van der Waals surface area contributed by atoms with Crippen molar-refractivity contribution in [3.8, 4) is 11.1 Å². The van der Waals surface area contributed by atoms with Gasteiger partial charge in [-0.2, -0.15) is 0 Å². The van der Waals surface area contributed by atoms with E-state index in [1.807, 2.05) is 23.5 Å². The Bertz CT molecular complexity index is 1920. The molecule has 7 rings (SSSR count). The van der Waals surface area contributed by atoms with Gasteiger partial charge in [-0.05, 0) is 60.2 Å². The Kier molecular flexibility index (Phi) is 5.98. The highest BCUT2D eigenvalue weighted by Crippen LogP contribution is 2.43. The monoisotopic (exact) mass is 534 g/mol. The predicted molar refractivity (Wildman–Crippen MR) is 173 cm³/mol. The van der Waals surface area contributed by atoms with Crippen molar-refractivity contribution in [2.24, 2.45) is 9.98 Å². The molecule has 2 aliphatic rings. The van der Waals surface area contributed by atoms with Crippen LogP contribution in [0.15, 0.2) is 126 Å². The Morgan fingerprint density at radius 2 is 1.60 bits per heavy atom. The molecule has 0 amide bonds. The number of nitrogens with zero attached hydrogens (tertiary/aromatic N) is 2. The maximum atomic E-state index is 5.14. The van der Waals surface area contributed by atoms with Crippen LogP contribution < -0.4 is 0 Å². The summed E-state index contributed by atoms with van der Waals surface area (Å²) in [6.07, 6.45) is 5.65. The molecule has 0 bridgehead atoms. The van der Waals surface area contributed by atoms with Crippen LogP contribution in [0.4, 0.5) is 0 Å². The van der Waals surface area contributed by atoms with Crippen molar-refractivity contribution in [2.75, 3.05) is 0 Å². The van der Waals surface area contributed by atoms with Crippen LogP contribution in [0.25, 0.3) is 31.3 Å². The van der Waals surface area contributed by atoms with Gasteiger partial charge < -0.3 is 0 Å². The molecule has 2 atom stereocenters. The third-order valence-corrected chi connectivity index (χ3v) is 9.57. The van der Waals surface area contributed by atoms with Crippen molar-refractivity contribution in [1.82, 2.24) is 0 Å². The van der Waals surface area contributed by atoms with E-state index in [0.717, 1.165) is 30.0 Å². The highest BCUT2D eigenvalue weighted by molar-refractivity contribution is 7.26. The van der Waals surface area contributed by atoms with Crippen LogP contribution in [-0.4, -0.2) is 17.5 Å². The van der Waals surface area contributed by atoms with Gasteiger partial charge in [-0.15, -0.1) is 11.3 Å². The first-order chi connectivity index (χ1) is 19.6. The van der Waals surface area contributed by atoms with E-state index in [-0.39, 0.29) is 12.0 Å². The van der Waals surface area contributed by atoms with Crippen molar-refractivity contribution < 1.29 is 0 Å². The molecule has 2 unspecified atom stereocenters. The molecule has 40 heavy (non-hydrogen) atoms. The number of fused-ring (bicyclic) bond motifs is 8. The van der Waals surface area contributed by atoms with Gasteiger partial charge >= 0.3 is 0 Å². The van der Waals surface area contributed by atoms with Crippen molar-refractivity contribution in [1.29, 1.82) is 0 Å². The molecule has 1 aromatic heterocycles. The second-order valence-electron chi connectivity index (χ2n) is 10.7. The third kappa shape index (κ3) is 3.92. The molecule has 0 saturated carbocycles.